The van der Waals surface area contributed by atoms with Crippen molar-refractivity contribution in [3.05, 3.63) is 120 Å². The maximum atomic E-state index is 11.1. The van der Waals surface area contributed by atoms with Gasteiger partial charge in [0.05, 0.1) is 0 Å². The molecule has 0 unspecified atom stereocenters. The van der Waals surface area contributed by atoms with E-state index in [-0.39, 0.29) is 5.57 Å². The number of nitrogens with zero attached hydrogens (tertiary/aromatic N) is 2. The van der Waals surface area contributed by atoms with E-state index >= 15 is 0 Å². The maximum Gasteiger partial charge on any atom is 0.346 e. The Morgan fingerprint density at radius 1 is 0.800 bits per heavy atom. The molecule has 35 heavy (non-hydrogen) atoms. The lowest BCUT2D eigenvalue weighted by atomic mass is 10.1. The number of aliphatic carboxylic acids is 1. The summed E-state index contributed by atoms with van der Waals surface area (Å²) >= 11 is 0. The quantitative estimate of drug-likeness (QED) is 0.211. The van der Waals surface area contributed by atoms with Gasteiger partial charge < -0.3 is 14.4 Å². The van der Waals surface area contributed by atoms with Gasteiger partial charge in [0.15, 0.2) is 0 Å². The number of carboxylic acid groups (broad SMARTS) is 1. The van der Waals surface area contributed by atoms with Gasteiger partial charge in [-0.3, -0.25) is 0 Å². The van der Waals surface area contributed by atoms with Gasteiger partial charge in [0.25, 0.3) is 0 Å². The second kappa shape index (κ2) is 9.42. The van der Waals surface area contributed by atoms with Crippen molar-refractivity contribution >= 4 is 40.1 Å². The molecule has 168 valence electrons. The number of fused-ring (bicyclic) bond motifs is 1. The molecule has 4 aromatic carbocycles. The molecule has 1 aromatic heterocycles. The van der Waals surface area contributed by atoms with Crippen LogP contribution in [0.1, 0.15) is 5.56 Å². The molecule has 0 atom stereocenters. The number of para-hydroxylation sites is 2. The number of carbonyl (C=O) groups is 1. The molecular weight excluding hydrogens is 436 g/mol. The van der Waals surface area contributed by atoms with Crippen molar-refractivity contribution in [1.29, 1.82) is 5.26 Å². The predicted octanol–water partition coefficient (Wildman–Crippen LogP) is 7.56. The molecule has 0 saturated heterocycles. The first-order valence-corrected chi connectivity index (χ1v) is 11.0. The molecule has 0 aliphatic rings. The van der Waals surface area contributed by atoms with E-state index in [1.165, 1.54) is 6.08 Å². The van der Waals surface area contributed by atoms with Crippen molar-refractivity contribution < 1.29 is 14.3 Å². The third-order valence-electron chi connectivity index (χ3n) is 5.64. The summed E-state index contributed by atoms with van der Waals surface area (Å²) in [6.45, 7) is 0. The van der Waals surface area contributed by atoms with Crippen LogP contribution >= 0.6 is 0 Å². The third kappa shape index (κ3) is 4.54. The zero-order valence-corrected chi connectivity index (χ0v) is 18.6. The van der Waals surface area contributed by atoms with E-state index in [1.54, 1.807) is 18.2 Å². The average molecular weight is 457 g/mol. The van der Waals surface area contributed by atoms with Crippen LogP contribution in [0.3, 0.4) is 0 Å². The SMILES string of the molecule is N#CC(=Cc1ccc2oc(-c3ccc(N(c4ccccc4)c4ccccc4)cc3)cc2c1)C(=O)O. The monoisotopic (exact) mass is 456 g/mol. The lowest BCUT2D eigenvalue weighted by Crippen LogP contribution is -2.09. The molecule has 1 N–H and O–H groups in total. The summed E-state index contributed by atoms with van der Waals surface area (Å²) < 4.78 is 6.04. The minimum Gasteiger partial charge on any atom is -0.477 e. The van der Waals surface area contributed by atoms with E-state index in [4.69, 9.17) is 14.8 Å². The van der Waals surface area contributed by atoms with Gasteiger partial charge in [0, 0.05) is 28.0 Å². The fraction of sp³-hybridized carbons (Fsp3) is 0. The Labute approximate surface area is 202 Å². The number of furan rings is 1. The molecule has 0 bridgehead atoms. The molecular formula is C30H20N2O3. The summed E-state index contributed by atoms with van der Waals surface area (Å²) in [5, 5.41) is 18.9. The number of hydrogen-bond donors (Lipinski definition) is 1. The van der Waals surface area contributed by atoms with E-state index in [9.17, 15) is 4.79 Å². The Morgan fingerprint density at radius 3 is 1.97 bits per heavy atom. The molecule has 0 radical (unpaired) electrons. The summed E-state index contributed by atoms with van der Waals surface area (Å²) in [7, 11) is 0. The molecule has 0 spiro atoms. The summed E-state index contributed by atoms with van der Waals surface area (Å²) in [5.74, 6) is -0.544. The number of hydrogen-bond acceptors (Lipinski definition) is 4. The molecule has 0 fully saturated rings. The van der Waals surface area contributed by atoms with E-state index in [0.717, 1.165) is 28.0 Å². The van der Waals surface area contributed by atoms with Crippen LogP contribution in [0.2, 0.25) is 0 Å². The van der Waals surface area contributed by atoms with Crippen molar-refractivity contribution in [1.82, 2.24) is 0 Å². The van der Waals surface area contributed by atoms with Crippen molar-refractivity contribution in [3.8, 4) is 17.4 Å². The second-order valence-electron chi connectivity index (χ2n) is 7.94. The van der Waals surface area contributed by atoms with Crippen molar-refractivity contribution in [2.45, 2.75) is 0 Å². The molecule has 0 aliphatic heterocycles. The fourth-order valence-corrected chi connectivity index (χ4v) is 3.98. The van der Waals surface area contributed by atoms with Crippen LogP contribution in [0.5, 0.6) is 0 Å². The van der Waals surface area contributed by atoms with E-state index in [0.29, 0.717) is 16.9 Å². The van der Waals surface area contributed by atoms with E-state index < -0.39 is 5.97 Å². The second-order valence-corrected chi connectivity index (χ2v) is 7.94. The zero-order valence-electron chi connectivity index (χ0n) is 18.6. The topological polar surface area (TPSA) is 77.5 Å². The number of rotatable bonds is 6. The minimum atomic E-state index is -1.25. The van der Waals surface area contributed by atoms with Gasteiger partial charge in [-0.1, -0.05) is 42.5 Å². The van der Waals surface area contributed by atoms with Crippen LogP contribution in [-0.4, -0.2) is 11.1 Å². The average Bonchev–Trinajstić information content (AvgIpc) is 3.32. The van der Waals surface area contributed by atoms with Crippen LogP contribution < -0.4 is 4.90 Å². The van der Waals surface area contributed by atoms with Crippen LogP contribution in [-0.2, 0) is 4.79 Å². The standard InChI is InChI=1S/C30H20N2O3/c31-20-24(30(33)34)18-21-11-16-28-23(17-21)19-29(35-28)22-12-14-27(15-13-22)32(25-7-3-1-4-8-25)26-9-5-2-6-10-26/h1-19H,(H,33,34). The number of carboxylic acids is 1. The van der Waals surface area contributed by atoms with Gasteiger partial charge in [0.1, 0.15) is 23.0 Å². The van der Waals surface area contributed by atoms with E-state index in [2.05, 4.69) is 41.3 Å². The van der Waals surface area contributed by atoms with Gasteiger partial charge >= 0.3 is 5.97 Å². The first kappa shape index (κ1) is 21.7. The zero-order chi connectivity index (χ0) is 24.2. The van der Waals surface area contributed by atoms with Crippen molar-refractivity contribution in [2.24, 2.45) is 0 Å². The van der Waals surface area contributed by atoms with Gasteiger partial charge in [-0.2, -0.15) is 5.26 Å². The van der Waals surface area contributed by atoms with Gasteiger partial charge in [-0.05, 0) is 78.4 Å². The highest BCUT2D eigenvalue weighted by Gasteiger charge is 2.13. The minimum absolute atomic E-state index is 0.315. The lowest BCUT2D eigenvalue weighted by Gasteiger charge is -2.25. The number of benzene rings is 4. The molecule has 0 aliphatic carbocycles. The Kier molecular flexibility index (Phi) is 5.85. The maximum absolute atomic E-state index is 11.1. The van der Waals surface area contributed by atoms with Crippen LogP contribution in [0.25, 0.3) is 28.4 Å². The number of anilines is 3. The Morgan fingerprint density at radius 2 is 1.40 bits per heavy atom. The smallest absolute Gasteiger partial charge is 0.346 e. The van der Waals surface area contributed by atoms with Crippen molar-refractivity contribution in [3.63, 3.8) is 0 Å². The highest BCUT2D eigenvalue weighted by molar-refractivity contribution is 5.97. The normalized spacial score (nSPS) is 11.2. The van der Waals surface area contributed by atoms with Crippen molar-refractivity contribution in [2.75, 3.05) is 4.90 Å². The predicted molar refractivity (Wildman–Crippen MR) is 138 cm³/mol. The van der Waals surface area contributed by atoms with Gasteiger partial charge in [-0.25, -0.2) is 4.79 Å². The number of nitriles is 1. The van der Waals surface area contributed by atoms with Crippen LogP contribution in [0, 0.1) is 11.3 Å². The summed E-state index contributed by atoms with van der Waals surface area (Å²) in [5.41, 5.74) is 5.07. The molecule has 0 saturated carbocycles. The third-order valence-corrected chi connectivity index (χ3v) is 5.64. The van der Waals surface area contributed by atoms with E-state index in [1.807, 2.05) is 60.7 Å². The first-order valence-electron chi connectivity index (χ1n) is 11.0. The molecule has 5 aromatic rings. The Balaban J connectivity index is 1.48. The molecule has 1 heterocycles. The Hall–Kier alpha value is -5.08. The molecule has 5 nitrogen and oxygen atoms in total. The van der Waals surface area contributed by atoms with Gasteiger partial charge in [-0.15, -0.1) is 0 Å². The highest BCUT2D eigenvalue weighted by atomic mass is 16.4. The lowest BCUT2D eigenvalue weighted by molar-refractivity contribution is -0.132. The summed E-state index contributed by atoms with van der Waals surface area (Å²) in [6, 6.07) is 37.5. The molecule has 0 amide bonds. The highest BCUT2D eigenvalue weighted by Crippen LogP contribution is 2.36. The molecule has 5 heteroatoms. The summed E-state index contributed by atoms with van der Waals surface area (Å²) in [6.07, 6.45) is 1.35. The Bertz CT molecular complexity index is 1520. The first-order chi connectivity index (χ1) is 17.1. The summed E-state index contributed by atoms with van der Waals surface area (Å²) in [4.78, 5) is 13.3. The van der Waals surface area contributed by atoms with Crippen LogP contribution in [0.4, 0.5) is 17.1 Å². The largest absolute Gasteiger partial charge is 0.477 e. The molecule has 5 rings (SSSR count). The van der Waals surface area contributed by atoms with Gasteiger partial charge in [0.2, 0.25) is 0 Å². The fourth-order valence-electron chi connectivity index (χ4n) is 3.98. The van der Waals surface area contributed by atoms with Crippen LogP contribution in [0.15, 0.2) is 119 Å².